The molecule has 1 aromatic heterocycles. The summed E-state index contributed by atoms with van der Waals surface area (Å²) >= 11 is 8.03. The first-order valence-corrected chi connectivity index (χ1v) is 13.2. The summed E-state index contributed by atoms with van der Waals surface area (Å²) < 4.78 is 35.0. The summed E-state index contributed by atoms with van der Waals surface area (Å²) in [5, 5.41) is 3.02. The predicted molar refractivity (Wildman–Crippen MR) is 125 cm³/mol. The van der Waals surface area contributed by atoms with Gasteiger partial charge in [-0.05, 0) is 25.5 Å². The molecule has 0 radical (unpaired) electrons. The summed E-state index contributed by atoms with van der Waals surface area (Å²) in [6.45, 7) is 4.39. The van der Waals surface area contributed by atoms with Gasteiger partial charge in [-0.1, -0.05) is 23.7 Å². The van der Waals surface area contributed by atoms with Gasteiger partial charge >= 0.3 is 5.97 Å². The van der Waals surface area contributed by atoms with Crippen molar-refractivity contribution in [1.82, 2.24) is 19.3 Å². The Morgan fingerprint density at radius 2 is 2.24 bits per heavy atom. The zero-order chi connectivity index (χ0) is 23.4. The number of halogens is 1. The van der Waals surface area contributed by atoms with Gasteiger partial charge in [0.1, 0.15) is 6.04 Å². The summed E-state index contributed by atoms with van der Waals surface area (Å²) in [5.41, 5.74) is 1.89. The first-order chi connectivity index (χ1) is 15.7. The van der Waals surface area contributed by atoms with E-state index in [0.717, 1.165) is 5.56 Å². The molecule has 9 nitrogen and oxygen atoms in total. The first-order valence-electron chi connectivity index (χ1n) is 10.4. The number of aryl methyl sites for hydroxylation is 1. The molecule has 4 heterocycles. The van der Waals surface area contributed by atoms with E-state index in [1.165, 1.54) is 11.3 Å². The Kier molecular flexibility index (Phi) is 5.57. The van der Waals surface area contributed by atoms with E-state index in [2.05, 4.69) is 14.4 Å². The Labute approximate surface area is 200 Å². The maximum Gasteiger partial charge on any atom is 0.338 e. The number of carbonyl (C=O) groups is 1. The molecule has 1 spiro atoms. The third-order valence-corrected chi connectivity index (χ3v) is 8.23. The molecule has 0 saturated carbocycles. The first kappa shape index (κ1) is 22.5. The minimum Gasteiger partial charge on any atom is -0.463 e. The number of esters is 1. The topological polar surface area (TPSA) is 113 Å². The number of nitrogens with one attached hydrogen (secondary N) is 2. The molecule has 1 aromatic carbocycles. The summed E-state index contributed by atoms with van der Waals surface area (Å²) in [6, 6.07) is 4.92. The third kappa shape index (κ3) is 3.97. The fourth-order valence-corrected chi connectivity index (χ4v) is 6.82. The zero-order valence-corrected chi connectivity index (χ0v) is 20.4. The molecule has 2 fully saturated rings. The molecule has 3 aliphatic heterocycles. The number of ether oxygens (including phenoxy) is 1. The number of benzene rings is 1. The van der Waals surface area contributed by atoms with Gasteiger partial charge in [0.15, 0.2) is 10.8 Å². The van der Waals surface area contributed by atoms with E-state index in [0.29, 0.717) is 45.7 Å². The third-order valence-electron chi connectivity index (χ3n) is 5.90. The van der Waals surface area contributed by atoms with Crippen LogP contribution in [0.25, 0.3) is 0 Å². The summed E-state index contributed by atoms with van der Waals surface area (Å²) in [5.74, 6) is 0.0876. The molecule has 0 bridgehead atoms. The van der Waals surface area contributed by atoms with Crippen LogP contribution >= 0.6 is 22.9 Å². The van der Waals surface area contributed by atoms with Crippen LogP contribution in [0.4, 0.5) is 0 Å². The maximum absolute atomic E-state index is 13.2. The number of hydrogen-bond acceptors (Lipinski definition) is 8. The normalized spacial score (nSPS) is 26.0. The number of nitrogens with zero attached hydrogens (tertiary/aromatic N) is 3. The van der Waals surface area contributed by atoms with Gasteiger partial charge in [0.2, 0.25) is 0 Å². The predicted octanol–water partition coefficient (Wildman–Crippen LogP) is 2.31. The lowest BCUT2D eigenvalue weighted by Gasteiger charge is -2.32. The Balaban J connectivity index is 1.71. The minimum atomic E-state index is -3.62. The van der Waals surface area contributed by atoms with Gasteiger partial charge in [-0.2, -0.15) is 13.1 Å². The molecule has 2 atom stereocenters. The summed E-state index contributed by atoms with van der Waals surface area (Å²) in [7, 11) is -3.62. The Morgan fingerprint density at radius 1 is 1.42 bits per heavy atom. The van der Waals surface area contributed by atoms with Gasteiger partial charge in [-0.15, -0.1) is 11.3 Å². The lowest BCUT2D eigenvalue weighted by Crippen LogP contribution is -2.47. The highest BCUT2D eigenvalue weighted by molar-refractivity contribution is 7.87. The van der Waals surface area contributed by atoms with Crippen LogP contribution in [-0.4, -0.2) is 55.3 Å². The number of hydrogen-bond donors (Lipinski definition) is 2. The van der Waals surface area contributed by atoms with Crippen LogP contribution in [0.2, 0.25) is 5.02 Å². The van der Waals surface area contributed by atoms with Crippen molar-refractivity contribution in [2.24, 2.45) is 4.99 Å². The van der Waals surface area contributed by atoms with Crippen LogP contribution < -0.4 is 9.44 Å². The van der Waals surface area contributed by atoms with E-state index in [-0.39, 0.29) is 13.2 Å². The number of thiazole rings is 1. The standard InChI is InChI=1S/C21H22ClN5O4S2/c1-3-31-20(28)16-15-9-21(10-24-33(29,30)26-21)11-27(15)18(19-23-6-7-32-19)25-17(16)13-5-4-12(2)8-14(13)22/h4-8,17,24,26H,3,9-11H2,1-2H3/t17-,21+/m0/s1. The number of aromatic nitrogens is 1. The van der Waals surface area contributed by atoms with E-state index in [9.17, 15) is 13.2 Å². The van der Waals surface area contributed by atoms with Crippen molar-refractivity contribution in [2.45, 2.75) is 31.8 Å². The Hall–Kier alpha value is -2.31. The number of fused-ring (bicyclic) bond motifs is 1. The van der Waals surface area contributed by atoms with Crippen LogP contribution in [0.15, 0.2) is 46.0 Å². The van der Waals surface area contributed by atoms with Crippen molar-refractivity contribution in [3.05, 3.63) is 62.2 Å². The van der Waals surface area contributed by atoms with Crippen LogP contribution in [0.3, 0.4) is 0 Å². The smallest absolute Gasteiger partial charge is 0.338 e. The second-order valence-corrected chi connectivity index (χ2v) is 11.1. The molecule has 0 aliphatic carbocycles. The monoisotopic (exact) mass is 507 g/mol. The lowest BCUT2D eigenvalue weighted by molar-refractivity contribution is -0.139. The Morgan fingerprint density at radius 3 is 2.88 bits per heavy atom. The number of carbonyl (C=O) groups excluding carboxylic acids is 1. The van der Waals surface area contributed by atoms with Crippen molar-refractivity contribution in [3.63, 3.8) is 0 Å². The molecule has 0 amide bonds. The quantitative estimate of drug-likeness (QED) is 0.614. The van der Waals surface area contributed by atoms with Crippen LogP contribution in [0.5, 0.6) is 0 Å². The average molecular weight is 508 g/mol. The Bertz CT molecular complexity index is 1290. The molecule has 174 valence electrons. The number of aliphatic imine (C=N–C) groups is 1. The molecule has 2 N–H and O–H groups in total. The van der Waals surface area contributed by atoms with Gasteiger partial charge in [-0.3, -0.25) is 4.99 Å². The lowest BCUT2D eigenvalue weighted by atomic mass is 9.92. The molecule has 2 aromatic rings. The minimum absolute atomic E-state index is 0.201. The van der Waals surface area contributed by atoms with Gasteiger partial charge < -0.3 is 9.64 Å². The second-order valence-electron chi connectivity index (χ2n) is 8.27. The van der Waals surface area contributed by atoms with E-state index in [1.807, 2.05) is 35.4 Å². The molecule has 12 heteroatoms. The van der Waals surface area contributed by atoms with Crippen LogP contribution in [-0.2, 0) is 19.7 Å². The van der Waals surface area contributed by atoms with Gasteiger partial charge in [0, 0.05) is 47.4 Å². The highest BCUT2D eigenvalue weighted by atomic mass is 35.5. The SMILES string of the molecule is CCOC(=O)C1=C2C[C@@]3(CNS(=O)(=O)N3)CN2C(c2nccs2)=N[C@H]1c1ccc(C)cc1Cl. The summed E-state index contributed by atoms with van der Waals surface area (Å²) in [6.07, 6.45) is 1.99. The zero-order valence-electron chi connectivity index (χ0n) is 18.0. The van der Waals surface area contributed by atoms with Crippen molar-refractivity contribution >= 4 is 45.0 Å². The van der Waals surface area contributed by atoms with Gasteiger partial charge in [0.05, 0.1) is 17.7 Å². The maximum atomic E-state index is 13.2. The van der Waals surface area contributed by atoms with Crippen LogP contribution in [0, 0.1) is 6.92 Å². The fourth-order valence-electron chi connectivity index (χ4n) is 4.53. The van der Waals surface area contributed by atoms with E-state index in [4.69, 9.17) is 21.3 Å². The average Bonchev–Trinajstić information content (AvgIpc) is 3.46. The van der Waals surface area contributed by atoms with Crippen molar-refractivity contribution in [2.75, 3.05) is 19.7 Å². The van der Waals surface area contributed by atoms with E-state index >= 15 is 0 Å². The molecular weight excluding hydrogens is 486 g/mol. The molecule has 33 heavy (non-hydrogen) atoms. The van der Waals surface area contributed by atoms with E-state index < -0.39 is 27.8 Å². The number of amidine groups is 1. The molecule has 5 rings (SSSR count). The number of rotatable bonds is 4. The van der Waals surface area contributed by atoms with Crippen molar-refractivity contribution < 1.29 is 17.9 Å². The van der Waals surface area contributed by atoms with Crippen molar-refractivity contribution in [1.29, 1.82) is 0 Å². The van der Waals surface area contributed by atoms with Gasteiger partial charge in [0.25, 0.3) is 10.2 Å². The highest BCUT2D eigenvalue weighted by Gasteiger charge is 2.53. The highest BCUT2D eigenvalue weighted by Crippen LogP contribution is 2.45. The second kappa shape index (κ2) is 8.17. The molecule has 0 unspecified atom stereocenters. The largest absolute Gasteiger partial charge is 0.463 e. The molecule has 3 aliphatic rings. The van der Waals surface area contributed by atoms with Crippen molar-refractivity contribution in [3.8, 4) is 0 Å². The molecular formula is C21H22ClN5O4S2. The van der Waals surface area contributed by atoms with E-state index in [1.54, 1.807) is 13.1 Å². The molecule has 2 saturated heterocycles. The van der Waals surface area contributed by atoms with Crippen LogP contribution in [0.1, 0.15) is 35.5 Å². The summed E-state index contributed by atoms with van der Waals surface area (Å²) in [4.78, 5) is 24.5. The van der Waals surface area contributed by atoms with Gasteiger partial charge in [-0.25, -0.2) is 14.5 Å². The fraction of sp³-hybridized carbons (Fsp3) is 0.381.